The summed E-state index contributed by atoms with van der Waals surface area (Å²) in [4.78, 5) is 21.2. The Kier molecular flexibility index (Phi) is 4.61. The molecule has 0 aromatic carbocycles. The topological polar surface area (TPSA) is 73.1 Å². The highest BCUT2D eigenvalue weighted by molar-refractivity contribution is 5.94. The van der Waals surface area contributed by atoms with Crippen molar-refractivity contribution in [3.63, 3.8) is 0 Å². The summed E-state index contributed by atoms with van der Waals surface area (Å²) in [6, 6.07) is 4.42. The van der Waals surface area contributed by atoms with E-state index < -0.39 is 0 Å². The van der Waals surface area contributed by atoms with Crippen LogP contribution in [0.5, 0.6) is 5.88 Å². The van der Waals surface area contributed by atoms with Crippen LogP contribution in [0, 0.1) is 5.92 Å². The summed E-state index contributed by atoms with van der Waals surface area (Å²) in [6.45, 7) is 4.81. The fraction of sp³-hybridized carbons (Fsp3) is 0.579. The molecule has 0 radical (unpaired) electrons. The third-order valence-corrected chi connectivity index (χ3v) is 5.25. The molecule has 138 valence electrons. The Labute approximate surface area is 153 Å². The quantitative estimate of drug-likeness (QED) is 0.824. The second kappa shape index (κ2) is 7.05. The highest BCUT2D eigenvalue weighted by Gasteiger charge is 2.44. The van der Waals surface area contributed by atoms with E-state index in [9.17, 15) is 4.79 Å². The van der Waals surface area contributed by atoms with Crippen LogP contribution in [0.4, 0.5) is 0 Å². The minimum Gasteiger partial charge on any atom is -0.477 e. The number of carbonyl (C=O) groups is 1. The zero-order valence-corrected chi connectivity index (χ0v) is 15.3. The Hall–Kier alpha value is -2.44. The van der Waals surface area contributed by atoms with Crippen molar-refractivity contribution >= 4 is 5.91 Å². The van der Waals surface area contributed by atoms with Gasteiger partial charge in [-0.25, -0.2) is 4.98 Å². The second-order valence-corrected chi connectivity index (χ2v) is 7.66. The van der Waals surface area contributed by atoms with Gasteiger partial charge in [0.05, 0.1) is 30.6 Å². The van der Waals surface area contributed by atoms with Crippen LogP contribution in [0.1, 0.15) is 55.9 Å². The van der Waals surface area contributed by atoms with Gasteiger partial charge in [0.25, 0.3) is 5.91 Å². The molecule has 7 nitrogen and oxygen atoms in total. The van der Waals surface area contributed by atoms with Crippen molar-refractivity contribution in [2.24, 2.45) is 5.92 Å². The molecule has 2 unspecified atom stereocenters. The summed E-state index contributed by atoms with van der Waals surface area (Å²) in [5, 5.41) is 8.56. The minimum atomic E-state index is 0.0762. The number of aromatic nitrogens is 4. The first-order chi connectivity index (χ1) is 12.6. The van der Waals surface area contributed by atoms with Crippen LogP contribution >= 0.6 is 0 Å². The molecule has 2 aromatic rings. The monoisotopic (exact) mass is 355 g/mol. The summed E-state index contributed by atoms with van der Waals surface area (Å²) in [6.07, 6.45) is 9.01. The fourth-order valence-corrected chi connectivity index (χ4v) is 4.08. The smallest absolute Gasteiger partial charge is 0.255 e. The molecule has 2 aliphatic rings. The van der Waals surface area contributed by atoms with Crippen molar-refractivity contribution in [1.29, 1.82) is 0 Å². The molecular formula is C19H25N5O2. The van der Waals surface area contributed by atoms with Gasteiger partial charge in [-0.3, -0.25) is 4.79 Å². The summed E-state index contributed by atoms with van der Waals surface area (Å²) >= 11 is 0. The maximum absolute atomic E-state index is 13.0. The number of ether oxygens (including phenoxy) is 1. The van der Waals surface area contributed by atoms with E-state index in [4.69, 9.17) is 4.74 Å². The van der Waals surface area contributed by atoms with Crippen LogP contribution in [0.15, 0.2) is 30.7 Å². The van der Waals surface area contributed by atoms with Gasteiger partial charge < -0.3 is 9.64 Å². The van der Waals surface area contributed by atoms with E-state index in [1.165, 1.54) is 0 Å². The molecule has 2 saturated heterocycles. The van der Waals surface area contributed by atoms with E-state index in [1.807, 2.05) is 6.07 Å². The van der Waals surface area contributed by atoms with Gasteiger partial charge in [-0.1, -0.05) is 13.8 Å². The predicted molar refractivity (Wildman–Crippen MR) is 95.8 cm³/mol. The third kappa shape index (κ3) is 3.30. The van der Waals surface area contributed by atoms with Crippen LogP contribution in [-0.4, -0.2) is 49.5 Å². The molecule has 0 saturated carbocycles. The van der Waals surface area contributed by atoms with Gasteiger partial charge in [0, 0.05) is 24.3 Å². The van der Waals surface area contributed by atoms with Gasteiger partial charge in [-0.05, 0) is 37.7 Å². The first kappa shape index (κ1) is 17.0. The maximum Gasteiger partial charge on any atom is 0.255 e. The van der Waals surface area contributed by atoms with E-state index >= 15 is 0 Å². The van der Waals surface area contributed by atoms with Gasteiger partial charge in [0.2, 0.25) is 5.88 Å². The Morgan fingerprint density at radius 1 is 1.15 bits per heavy atom. The number of hydrogen-bond acceptors (Lipinski definition) is 5. The van der Waals surface area contributed by atoms with Crippen molar-refractivity contribution in [3.05, 3.63) is 36.3 Å². The molecule has 2 aromatic heterocycles. The molecule has 4 rings (SSSR count). The number of hydrogen-bond donors (Lipinski definition) is 0. The maximum atomic E-state index is 13.0. The number of nitrogens with zero attached hydrogens (tertiary/aromatic N) is 5. The van der Waals surface area contributed by atoms with E-state index in [0.717, 1.165) is 25.7 Å². The van der Waals surface area contributed by atoms with Gasteiger partial charge in [-0.15, -0.1) is 0 Å². The number of rotatable bonds is 5. The van der Waals surface area contributed by atoms with Gasteiger partial charge in [0.15, 0.2) is 0 Å². The normalized spacial score (nSPS) is 24.9. The Balaban J connectivity index is 1.44. The third-order valence-electron chi connectivity index (χ3n) is 5.25. The lowest BCUT2D eigenvalue weighted by molar-refractivity contribution is 0.0511. The molecule has 26 heavy (non-hydrogen) atoms. The zero-order valence-electron chi connectivity index (χ0n) is 15.3. The minimum absolute atomic E-state index is 0.0762. The largest absolute Gasteiger partial charge is 0.477 e. The Morgan fingerprint density at radius 2 is 1.85 bits per heavy atom. The highest BCUT2D eigenvalue weighted by atomic mass is 16.5. The van der Waals surface area contributed by atoms with Crippen LogP contribution in [0.3, 0.4) is 0 Å². The number of pyridine rings is 1. The van der Waals surface area contributed by atoms with Crippen LogP contribution < -0.4 is 4.74 Å². The van der Waals surface area contributed by atoms with Gasteiger partial charge in [0.1, 0.15) is 0 Å². The molecule has 0 spiro atoms. The molecule has 1 amide bonds. The zero-order chi connectivity index (χ0) is 18.1. The van der Waals surface area contributed by atoms with Crippen LogP contribution in [0.2, 0.25) is 0 Å². The second-order valence-electron chi connectivity index (χ2n) is 7.66. The van der Waals surface area contributed by atoms with Gasteiger partial charge >= 0.3 is 0 Å². The summed E-state index contributed by atoms with van der Waals surface area (Å²) < 4.78 is 5.60. The van der Waals surface area contributed by atoms with Crippen molar-refractivity contribution < 1.29 is 9.53 Å². The van der Waals surface area contributed by atoms with E-state index in [-0.39, 0.29) is 24.0 Å². The first-order valence-corrected chi connectivity index (χ1v) is 9.39. The van der Waals surface area contributed by atoms with Crippen LogP contribution in [0.25, 0.3) is 0 Å². The summed E-state index contributed by atoms with van der Waals surface area (Å²) in [5.74, 6) is 1.09. The molecule has 0 aliphatic carbocycles. The summed E-state index contributed by atoms with van der Waals surface area (Å²) in [5.41, 5.74) is 0.634. The fourth-order valence-electron chi connectivity index (χ4n) is 4.08. The van der Waals surface area contributed by atoms with E-state index in [1.54, 1.807) is 29.5 Å². The molecule has 2 atom stereocenters. The Morgan fingerprint density at radius 3 is 2.42 bits per heavy atom. The van der Waals surface area contributed by atoms with Crippen molar-refractivity contribution in [2.75, 3.05) is 6.61 Å². The standard InChI is InChI=1S/C19H25N5O2/c1-13(2)12-26-18-6-3-14(11-20-18)19(25)23-15-4-5-16(23)10-17(9-15)24-21-7-8-22-24/h3,6-8,11,13,15-17H,4-5,9-10,12H2,1-2H3. The van der Waals surface area contributed by atoms with Crippen LogP contribution in [-0.2, 0) is 0 Å². The number of piperidine rings is 1. The SMILES string of the molecule is CC(C)COc1ccc(C(=O)N2C3CCC2CC(n2nccn2)C3)cn1. The molecule has 2 bridgehead atoms. The average Bonchev–Trinajstić information content (AvgIpc) is 3.26. The number of amides is 1. The van der Waals surface area contributed by atoms with E-state index in [2.05, 4.69) is 33.9 Å². The predicted octanol–water partition coefficient (Wildman–Crippen LogP) is 2.72. The van der Waals surface area contributed by atoms with Crippen molar-refractivity contribution in [3.8, 4) is 5.88 Å². The number of fused-ring (bicyclic) bond motifs is 2. The molecule has 2 fully saturated rings. The molecule has 0 N–H and O–H groups in total. The lowest BCUT2D eigenvalue weighted by atomic mass is 9.97. The molecule has 4 heterocycles. The summed E-state index contributed by atoms with van der Waals surface area (Å²) in [7, 11) is 0. The van der Waals surface area contributed by atoms with Crippen molar-refractivity contribution in [2.45, 2.75) is 57.7 Å². The van der Waals surface area contributed by atoms with E-state index in [0.29, 0.717) is 24.0 Å². The Bertz CT molecular complexity index is 730. The average molecular weight is 355 g/mol. The molecular weight excluding hydrogens is 330 g/mol. The molecule has 7 heteroatoms. The van der Waals surface area contributed by atoms with Gasteiger partial charge in [-0.2, -0.15) is 15.0 Å². The number of carbonyl (C=O) groups excluding carboxylic acids is 1. The lowest BCUT2D eigenvalue weighted by Gasteiger charge is -2.38. The highest BCUT2D eigenvalue weighted by Crippen LogP contribution is 2.41. The molecule has 2 aliphatic heterocycles. The lowest BCUT2D eigenvalue weighted by Crippen LogP contribution is -2.47. The first-order valence-electron chi connectivity index (χ1n) is 9.39. The van der Waals surface area contributed by atoms with Crippen molar-refractivity contribution in [1.82, 2.24) is 24.9 Å².